The van der Waals surface area contributed by atoms with Gasteiger partial charge in [0.05, 0.1) is 18.8 Å². The van der Waals surface area contributed by atoms with Crippen LogP contribution in [0.15, 0.2) is 40.3 Å². The highest BCUT2D eigenvalue weighted by molar-refractivity contribution is 6.00. The molecule has 2 aliphatic rings. The quantitative estimate of drug-likeness (QED) is 0.0164. The van der Waals surface area contributed by atoms with E-state index in [1.54, 1.807) is 71.9 Å². The number of nitrogens with zero attached hydrogens (tertiary/aromatic N) is 4. The number of amides is 14. The Morgan fingerprint density at radius 3 is 1.25 bits per heavy atom. The van der Waals surface area contributed by atoms with Crippen molar-refractivity contribution >= 4 is 101 Å². The minimum absolute atomic E-state index is 0.00696. The Balaban J connectivity index is 1.90. The van der Waals surface area contributed by atoms with Crippen LogP contribution in [0, 0.1) is 17.8 Å². The summed E-state index contributed by atoms with van der Waals surface area (Å²) in [6, 6.07) is -10.2. The van der Waals surface area contributed by atoms with Crippen LogP contribution in [-0.2, 0) is 78.3 Å². The normalized spacial score (nSPS) is 17.4. The number of carbonyl (C=O) groups is 15. The van der Waals surface area contributed by atoms with Crippen LogP contribution in [0.4, 0.5) is 0 Å². The zero-order valence-corrected chi connectivity index (χ0v) is 62.1. The molecule has 107 heavy (non-hydrogen) atoms. The first-order valence-corrected chi connectivity index (χ1v) is 35.9. The number of aliphatic carboxylic acids is 1. The molecule has 598 valence electrons. The third kappa shape index (κ3) is 31.3. The second-order valence-electron chi connectivity index (χ2n) is 28.0. The second-order valence-corrected chi connectivity index (χ2v) is 28.0. The number of rotatable bonds is 46. The second kappa shape index (κ2) is 45.3. The predicted molar refractivity (Wildman–Crippen MR) is 389 cm³/mol. The number of hydrogen-bond donors (Lipinski definition) is 20. The lowest BCUT2D eigenvalue weighted by molar-refractivity contribution is -0.149. The van der Waals surface area contributed by atoms with Crippen LogP contribution in [-0.4, -0.2) is 243 Å². The molecule has 0 bridgehead atoms. The number of aliphatic hydroxyl groups is 2. The van der Waals surface area contributed by atoms with E-state index in [9.17, 15) is 87.2 Å². The van der Waals surface area contributed by atoms with Gasteiger partial charge in [-0.2, -0.15) is 0 Å². The van der Waals surface area contributed by atoms with Crippen molar-refractivity contribution in [3.8, 4) is 0 Å². The van der Waals surface area contributed by atoms with E-state index >= 15 is 0 Å². The fourth-order valence-electron chi connectivity index (χ4n) is 12.0. The molecule has 1 aromatic carbocycles. The van der Waals surface area contributed by atoms with Crippen LogP contribution in [0.3, 0.4) is 0 Å². The van der Waals surface area contributed by atoms with Crippen molar-refractivity contribution in [1.29, 1.82) is 0 Å². The number of carboxylic acids is 1. The largest absolute Gasteiger partial charge is 0.480 e. The summed E-state index contributed by atoms with van der Waals surface area (Å²) in [5.41, 5.74) is 39.5. The van der Waals surface area contributed by atoms with Crippen molar-refractivity contribution in [2.24, 2.45) is 67.9 Å². The van der Waals surface area contributed by atoms with Crippen molar-refractivity contribution < 1.29 is 87.2 Å². The molecule has 0 aromatic heterocycles. The highest BCUT2D eigenvalue weighted by Gasteiger charge is 2.42. The lowest BCUT2D eigenvalue weighted by atomic mass is 9.97. The van der Waals surface area contributed by atoms with Crippen LogP contribution in [0.2, 0.25) is 0 Å². The molecule has 1 aromatic rings. The van der Waals surface area contributed by atoms with Crippen molar-refractivity contribution in [3.05, 3.63) is 35.9 Å². The monoisotopic (exact) mass is 1510 g/mol. The van der Waals surface area contributed by atoms with Crippen LogP contribution >= 0.6 is 0 Å². The summed E-state index contributed by atoms with van der Waals surface area (Å²) in [6.07, 6.45) is -3.03. The molecule has 39 heteroatoms. The molecule has 2 heterocycles. The van der Waals surface area contributed by atoms with Crippen molar-refractivity contribution in [1.82, 2.24) is 63.0 Å². The number of likely N-dealkylation sites (tertiary alicyclic amines) is 2. The average molecular weight is 1510 g/mol. The minimum atomic E-state index is -1.99. The first kappa shape index (κ1) is 90.9. The smallest absolute Gasteiger partial charge is 0.326 e. The fraction of sp³-hybridized carbons (Fsp3) is 0.662. The Bertz CT molecular complexity index is 3290. The fourth-order valence-corrected chi connectivity index (χ4v) is 12.0. The Kier molecular flexibility index (Phi) is 38.4. The first-order valence-electron chi connectivity index (χ1n) is 35.9. The molecule has 0 spiro atoms. The number of aliphatic hydroxyl groups excluding tert-OH is 2. The standard InChI is InChI=1S/C68H113N21O18/c1-34(2)30-44(58(98)84-46(32-39-16-10-9-11-17-39)65(105)89-29-15-21-49(89)66(106)107)82-62(102)52(36(5)6)86-59(99)45(31-35(3)4)83-63(103)53(38(8)91)87-60(100)47(33-90)85-57(97)43(23-25-51(71)93)80-54(94)40(18-12-26-76-67(72)73)78-56(96)42(22-24-50(70)92)79-55(95)41(19-13-27-77-68(74)75)81-61(101)48-20-14-28-88(48)64(104)37(7)69/h9-11,16-17,34-38,40-49,52-53,90-91H,12-15,18-33,69H2,1-8H3,(H2,70,92)(H2,71,93)(H,78,96)(H,79,95)(H,80,94)(H,81,101)(H,82,102)(H,83,103)(H,84,98)(H,85,97)(H,86,99)(H,87,100)(H,106,107)(H4,72,73,76)(H4,74,75,77)/t37-,38+,40-,41-,42-,43-,44-,45-,46-,47-,48-,49-,52-,53-/m0/s1. The number of hydrogen-bond acceptors (Lipinski definition) is 20. The summed E-state index contributed by atoms with van der Waals surface area (Å²) in [5, 5.41) is 56.6. The molecule has 14 amide bonds. The van der Waals surface area contributed by atoms with Gasteiger partial charge in [0, 0.05) is 45.4 Å². The van der Waals surface area contributed by atoms with E-state index in [-0.39, 0.29) is 108 Å². The number of aliphatic imine (C=N–C) groups is 2. The Hall–Kier alpha value is -10.3. The van der Waals surface area contributed by atoms with Crippen LogP contribution in [0.5, 0.6) is 0 Å². The van der Waals surface area contributed by atoms with Crippen molar-refractivity contribution in [2.75, 3.05) is 32.8 Å². The summed E-state index contributed by atoms with van der Waals surface area (Å²) in [7, 11) is 0. The SMILES string of the molecule is CC(C)C[C@H](NC(=O)[C@@H](NC(=O)[C@H](CC(C)C)NC(=O)[C@@H](NC(=O)[C@H](CO)NC(=O)[C@H](CCC(N)=O)NC(=O)[C@H](CCCN=C(N)N)NC(=O)[C@H](CCC(N)=O)NC(=O)[C@H](CCCN=C(N)N)NC(=O)[C@@H]1CCCN1C(=O)[C@H](C)N)[C@@H](C)O)C(C)C)C(=O)N[C@@H](Cc1ccccc1)C(=O)N1CCC[C@H]1C(=O)O. The van der Waals surface area contributed by atoms with E-state index in [0.29, 0.717) is 18.4 Å². The number of nitrogens with one attached hydrogen (secondary N) is 10. The number of primary amides is 2. The van der Waals surface area contributed by atoms with Gasteiger partial charge in [0.2, 0.25) is 82.7 Å². The van der Waals surface area contributed by atoms with Crippen molar-refractivity contribution in [2.45, 2.75) is 236 Å². The molecule has 3 rings (SSSR count). The lowest BCUT2D eigenvalue weighted by Crippen LogP contribution is -2.63. The van der Waals surface area contributed by atoms with Gasteiger partial charge in [-0.3, -0.25) is 77.1 Å². The van der Waals surface area contributed by atoms with E-state index in [4.69, 9.17) is 40.1 Å². The highest BCUT2D eigenvalue weighted by Crippen LogP contribution is 2.22. The third-order valence-corrected chi connectivity index (χ3v) is 17.5. The molecule has 27 N–H and O–H groups in total. The van der Waals surface area contributed by atoms with Crippen LogP contribution in [0.1, 0.15) is 151 Å². The van der Waals surface area contributed by atoms with Crippen LogP contribution < -0.4 is 93.3 Å². The van der Waals surface area contributed by atoms with Gasteiger partial charge in [-0.05, 0) is 114 Å². The maximum absolute atomic E-state index is 14.4. The summed E-state index contributed by atoms with van der Waals surface area (Å²) in [6.45, 7) is 11.8. The van der Waals surface area contributed by atoms with E-state index in [1.165, 1.54) is 16.7 Å². The Morgan fingerprint density at radius 2 is 0.841 bits per heavy atom. The summed E-state index contributed by atoms with van der Waals surface area (Å²) >= 11 is 0. The molecular weight excluding hydrogens is 1400 g/mol. The van der Waals surface area contributed by atoms with Gasteiger partial charge in [0.25, 0.3) is 0 Å². The maximum atomic E-state index is 14.4. The molecule has 0 unspecified atom stereocenters. The van der Waals surface area contributed by atoms with Gasteiger partial charge in [-0.15, -0.1) is 0 Å². The molecule has 0 saturated carbocycles. The molecule has 0 aliphatic carbocycles. The van der Waals surface area contributed by atoms with Crippen LogP contribution in [0.25, 0.3) is 0 Å². The number of guanidine groups is 2. The lowest BCUT2D eigenvalue weighted by Gasteiger charge is -2.31. The van der Waals surface area contributed by atoms with E-state index in [2.05, 4.69) is 63.2 Å². The molecule has 14 atom stereocenters. The van der Waals surface area contributed by atoms with E-state index in [0.717, 1.165) is 6.92 Å². The zero-order chi connectivity index (χ0) is 80.5. The molecule has 0 radical (unpaired) electrons. The molecule has 2 saturated heterocycles. The third-order valence-electron chi connectivity index (χ3n) is 17.5. The summed E-state index contributed by atoms with van der Waals surface area (Å²) in [5.74, 6) is -16.2. The van der Waals surface area contributed by atoms with E-state index < -0.39 is 212 Å². The molecule has 39 nitrogen and oxygen atoms in total. The Labute approximate surface area is 621 Å². The first-order chi connectivity index (χ1) is 50.3. The number of nitrogens with two attached hydrogens (primary N) is 7. The highest BCUT2D eigenvalue weighted by atomic mass is 16.4. The van der Waals surface area contributed by atoms with Gasteiger partial charge < -0.3 is 118 Å². The summed E-state index contributed by atoms with van der Waals surface area (Å²) in [4.78, 5) is 216. The summed E-state index contributed by atoms with van der Waals surface area (Å²) < 4.78 is 0. The number of carbonyl (C=O) groups excluding carboxylic acids is 14. The maximum Gasteiger partial charge on any atom is 0.326 e. The van der Waals surface area contributed by atoms with Gasteiger partial charge in [0.1, 0.15) is 72.5 Å². The van der Waals surface area contributed by atoms with Gasteiger partial charge >= 0.3 is 5.97 Å². The van der Waals surface area contributed by atoms with Gasteiger partial charge in [-0.25, -0.2) is 4.79 Å². The zero-order valence-electron chi connectivity index (χ0n) is 62.1. The predicted octanol–water partition coefficient (Wildman–Crippen LogP) is -6.75. The number of carboxylic acid groups (broad SMARTS) is 1. The average Bonchev–Trinajstić information content (AvgIpc) is 1.78. The Morgan fingerprint density at radius 1 is 0.467 bits per heavy atom. The van der Waals surface area contributed by atoms with Gasteiger partial charge in [-0.1, -0.05) is 71.9 Å². The van der Waals surface area contributed by atoms with Gasteiger partial charge in [0.15, 0.2) is 11.9 Å². The molecule has 2 fully saturated rings. The molecule has 2 aliphatic heterocycles. The van der Waals surface area contributed by atoms with E-state index in [1.807, 2.05) is 0 Å². The van der Waals surface area contributed by atoms with Crippen molar-refractivity contribution in [3.63, 3.8) is 0 Å². The molecular formula is C68H113N21O18. The minimum Gasteiger partial charge on any atom is -0.480 e. The number of benzene rings is 1. The topological polar surface area (TPSA) is 650 Å².